The third-order valence-electron chi connectivity index (χ3n) is 6.01. The molecular weight excluding hydrogens is 436 g/mol. The van der Waals surface area contributed by atoms with Crippen molar-refractivity contribution in [1.82, 2.24) is 0 Å². The predicted molar refractivity (Wildman–Crippen MR) is 126 cm³/mol. The van der Waals surface area contributed by atoms with Gasteiger partial charge < -0.3 is 5.11 Å². The predicted octanol–water partition coefficient (Wildman–Crippen LogP) is 6.05. The SMILES string of the molecule is Cc1cccc(C2/C(=C(/O)c3ccc4ccccc4c3)C(=O)C(=O)N2c2ccc(F)c(F)c2)c1. The monoisotopic (exact) mass is 455 g/mol. The summed E-state index contributed by atoms with van der Waals surface area (Å²) in [6.07, 6.45) is 0. The average Bonchev–Trinajstić information content (AvgIpc) is 3.10. The third kappa shape index (κ3) is 3.53. The summed E-state index contributed by atoms with van der Waals surface area (Å²) in [5.74, 6) is -4.37. The van der Waals surface area contributed by atoms with Crippen molar-refractivity contribution in [2.24, 2.45) is 0 Å². The molecule has 1 heterocycles. The molecule has 1 saturated heterocycles. The summed E-state index contributed by atoms with van der Waals surface area (Å²) in [7, 11) is 0. The van der Waals surface area contributed by atoms with E-state index < -0.39 is 29.4 Å². The van der Waals surface area contributed by atoms with E-state index in [4.69, 9.17) is 0 Å². The molecule has 1 aliphatic heterocycles. The molecule has 4 nitrogen and oxygen atoms in total. The Labute approximate surface area is 194 Å². The second-order valence-electron chi connectivity index (χ2n) is 8.24. The van der Waals surface area contributed by atoms with Crippen molar-refractivity contribution in [3.63, 3.8) is 0 Å². The summed E-state index contributed by atoms with van der Waals surface area (Å²) in [6, 6.07) is 21.9. The van der Waals surface area contributed by atoms with Crippen LogP contribution in [0.2, 0.25) is 0 Å². The topological polar surface area (TPSA) is 57.6 Å². The van der Waals surface area contributed by atoms with Crippen LogP contribution in [0.3, 0.4) is 0 Å². The smallest absolute Gasteiger partial charge is 0.300 e. The summed E-state index contributed by atoms with van der Waals surface area (Å²) in [5.41, 5.74) is 1.71. The summed E-state index contributed by atoms with van der Waals surface area (Å²) < 4.78 is 27.7. The minimum atomic E-state index is -1.14. The molecule has 1 fully saturated rings. The molecule has 4 aromatic carbocycles. The molecule has 1 amide bonds. The summed E-state index contributed by atoms with van der Waals surface area (Å²) in [5, 5.41) is 13.1. The van der Waals surface area contributed by atoms with Crippen LogP contribution < -0.4 is 4.90 Å². The number of carbonyl (C=O) groups is 2. The van der Waals surface area contributed by atoms with Crippen molar-refractivity contribution in [1.29, 1.82) is 0 Å². The van der Waals surface area contributed by atoms with Gasteiger partial charge in [-0.05, 0) is 41.5 Å². The molecule has 0 aliphatic carbocycles. The van der Waals surface area contributed by atoms with E-state index >= 15 is 0 Å². The average molecular weight is 455 g/mol. The maximum absolute atomic E-state index is 14.1. The molecule has 34 heavy (non-hydrogen) atoms. The lowest BCUT2D eigenvalue weighted by atomic mass is 9.93. The number of hydrogen-bond acceptors (Lipinski definition) is 3. The van der Waals surface area contributed by atoms with Gasteiger partial charge in [0.2, 0.25) is 0 Å². The van der Waals surface area contributed by atoms with Gasteiger partial charge in [0.25, 0.3) is 11.7 Å². The lowest BCUT2D eigenvalue weighted by molar-refractivity contribution is -0.132. The second kappa shape index (κ2) is 8.23. The van der Waals surface area contributed by atoms with E-state index in [2.05, 4.69) is 0 Å². The van der Waals surface area contributed by atoms with E-state index in [-0.39, 0.29) is 17.0 Å². The van der Waals surface area contributed by atoms with Crippen LogP contribution in [-0.4, -0.2) is 16.8 Å². The van der Waals surface area contributed by atoms with Gasteiger partial charge in [-0.1, -0.05) is 66.2 Å². The van der Waals surface area contributed by atoms with E-state index in [1.54, 1.807) is 30.3 Å². The van der Waals surface area contributed by atoms with Gasteiger partial charge in [-0.3, -0.25) is 14.5 Å². The maximum atomic E-state index is 14.1. The van der Waals surface area contributed by atoms with Crippen LogP contribution in [0.25, 0.3) is 16.5 Å². The van der Waals surface area contributed by atoms with Gasteiger partial charge in [-0.2, -0.15) is 0 Å². The number of amides is 1. The van der Waals surface area contributed by atoms with E-state index in [1.165, 1.54) is 6.07 Å². The van der Waals surface area contributed by atoms with Gasteiger partial charge >= 0.3 is 0 Å². The number of anilines is 1. The number of benzene rings is 4. The molecule has 6 heteroatoms. The van der Waals surface area contributed by atoms with Crippen LogP contribution in [-0.2, 0) is 9.59 Å². The number of fused-ring (bicyclic) bond motifs is 1. The highest BCUT2D eigenvalue weighted by Gasteiger charge is 2.47. The number of carbonyl (C=O) groups excluding carboxylic acids is 2. The highest BCUT2D eigenvalue weighted by Crippen LogP contribution is 2.42. The van der Waals surface area contributed by atoms with Crippen molar-refractivity contribution in [2.75, 3.05) is 4.90 Å². The number of hydrogen-bond donors (Lipinski definition) is 1. The molecule has 0 radical (unpaired) electrons. The molecule has 168 valence electrons. The molecule has 1 aliphatic rings. The number of aliphatic hydroxyl groups is 1. The van der Waals surface area contributed by atoms with Gasteiger partial charge in [0.15, 0.2) is 11.6 Å². The Morgan fingerprint density at radius 1 is 0.824 bits per heavy atom. The van der Waals surface area contributed by atoms with Crippen LogP contribution in [0.4, 0.5) is 14.5 Å². The lowest BCUT2D eigenvalue weighted by Crippen LogP contribution is -2.29. The quantitative estimate of drug-likeness (QED) is 0.232. The number of nitrogens with zero attached hydrogens (tertiary/aromatic N) is 1. The number of halogens is 2. The van der Waals surface area contributed by atoms with Gasteiger partial charge in [-0.25, -0.2) is 8.78 Å². The summed E-state index contributed by atoms with van der Waals surface area (Å²) >= 11 is 0. The van der Waals surface area contributed by atoms with Crippen molar-refractivity contribution in [2.45, 2.75) is 13.0 Å². The zero-order chi connectivity index (χ0) is 24.0. The van der Waals surface area contributed by atoms with Crippen molar-refractivity contribution < 1.29 is 23.5 Å². The highest BCUT2D eigenvalue weighted by atomic mass is 19.2. The molecule has 0 spiro atoms. The summed E-state index contributed by atoms with van der Waals surface area (Å²) in [6.45, 7) is 1.86. The lowest BCUT2D eigenvalue weighted by Gasteiger charge is -2.25. The van der Waals surface area contributed by atoms with Crippen molar-refractivity contribution in [3.8, 4) is 0 Å². The van der Waals surface area contributed by atoms with Gasteiger partial charge in [0.05, 0.1) is 11.6 Å². The molecule has 1 atom stereocenters. The minimum absolute atomic E-state index is 0.0186. The fraction of sp³-hybridized carbons (Fsp3) is 0.0714. The largest absolute Gasteiger partial charge is 0.507 e. The molecule has 0 aromatic heterocycles. The summed E-state index contributed by atoms with van der Waals surface area (Å²) in [4.78, 5) is 27.5. The van der Waals surface area contributed by atoms with Gasteiger partial charge in [0, 0.05) is 17.3 Å². The zero-order valence-electron chi connectivity index (χ0n) is 18.1. The first-order valence-electron chi connectivity index (χ1n) is 10.7. The van der Waals surface area contributed by atoms with Crippen LogP contribution in [0.1, 0.15) is 22.7 Å². The Hall–Kier alpha value is -4.32. The van der Waals surface area contributed by atoms with E-state index in [1.807, 2.05) is 43.3 Å². The van der Waals surface area contributed by atoms with E-state index in [0.717, 1.165) is 33.4 Å². The number of aliphatic hydroxyl groups excluding tert-OH is 1. The van der Waals surface area contributed by atoms with Crippen molar-refractivity contribution >= 4 is 33.9 Å². The molecule has 5 rings (SSSR count). The third-order valence-corrected chi connectivity index (χ3v) is 6.01. The number of Topliss-reactive ketones (excluding diaryl/α,β-unsaturated/α-hetero) is 1. The van der Waals surface area contributed by atoms with Crippen LogP contribution in [0.5, 0.6) is 0 Å². The molecule has 1 N–H and O–H groups in total. The molecule has 0 bridgehead atoms. The first kappa shape index (κ1) is 21.5. The Balaban J connectivity index is 1.74. The van der Waals surface area contributed by atoms with Crippen LogP contribution in [0, 0.1) is 18.6 Å². The number of rotatable bonds is 3. The Morgan fingerprint density at radius 2 is 1.59 bits per heavy atom. The first-order valence-corrected chi connectivity index (χ1v) is 10.7. The number of aryl methyl sites for hydroxylation is 1. The Kier molecular flexibility index (Phi) is 5.21. The Bertz CT molecular complexity index is 1510. The Morgan fingerprint density at radius 3 is 2.32 bits per heavy atom. The van der Waals surface area contributed by atoms with Crippen molar-refractivity contribution in [3.05, 3.63) is 119 Å². The zero-order valence-corrected chi connectivity index (χ0v) is 18.1. The van der Waals surface area contributed by atoms with Gasteiger partial charge in [0.1, 0.15) is 5.76 Å². The van der Waals surface area contributed by atoms with Crippen LogP contribution in [0.15, 0.2) is 90.5 Å². The molecule has 1 unspecified atom stereocenters. The van der Waals surface area contributed by atoms with E-state index in [0.29, 0.717) is 11.1 Å². The standard InChI is InChI=1S/C28H19F2NO3/c1-16-5-4-8-19(13-16)25-24(26(32)20-10-9-17-6-2-3-7-18(17)14-20)27(33)28(34)31(25)21-11-12-22(29)23(30)15-21/h2-15,25,32H,1H3/b26-24-. The van der Waals surface area contributed by atoms with Gasteiger partial charge in [-0.15, -0.1) is 0 Å². The normalized spacial score (nSPS) is 17.5. The molecular formula is C28H19F2NO3. The van der Waals surface area contributed by atoms with E-state index in [9.17, 15) is 23.5 Å². The highest BCUT2D eigenvalue weighted by molar-refractivity contribution is 6.51. The fourth-order valence-corrected chi connectivity index (χ4v) is 4.38. The molecule has 0 saturated carbocycles. The fourth-order valence-electron chi connectivity index (χ4n) is 4.38. The maximum Gasteiger partial charge on any atom is 0.300 e. The first-order chi connectivity index (χ1) is 16.3. The minimum Gasteiger partial charge on any atom is -0.507 e. The second-order valence-corrected chi connectivity index (χ2v) is 8.24. The van der Waals surface area contributed by atoms with Crippen LogP contribution >= 0.6 is 0 Å². The molecule has 4 aromatic rings. The number of ketones is 1.